The summed E-state index contributed by atoms with van der Waals surface area (Å²) < 4.78 is 33.4. The van der Waals surface area contributed by atoms with E-state index >= 15 is 0 Å². The molecule has 0 saturated carbocycles. The maximum atomic E-state index is 13.5. The molecule has 2 aromatic rings. The van der Waals surface area contributed by atoms with E-state index in [1.54, 1.807) is 30.3 Å². The molecule has 3 rings (SSSR count). The molecule has 0 spiro atoms. The highest BCUT2D eigenvalue weighted by Gasteiger charge is 2.37. The van der Waals surface area contributed by atoms with E-state index in [9.17, 15) is 9.59 Å². The number of esters is 1. The minimum Gasteiger partial charge on any atom is -0.493 e. The standard InChI is InChI=1S/C27H32O8/c1-8-9-18(26(29)35-27(2,3)4)24(16-10-22(30-5)25(32-7)23(11-16)31-6)19-13-21-20(33-15-34-21)12-17(19)14-28/h8,10-14,18,24H,1,9,15H2,2-7H3/t18?,24-/m1/s1. The van der Waals surface area contributed by atoms with Crippen LogP contribution in [-0.4, -0.2) is 46.0 Å². The molecule has 1 unspecified atom stereocenters. The van der Waals surface area contributed by atoms with Gasteiger partial charge in [0, 0.05) is 11.5 Å². The van der Waals surface area contributed by atoms with Gasteiger partial charge in [0.05, 0.1) is 27.2 Å². The van der Waals surface area contributed by atoms with Gasteiger partial charge in [0.2, 0.25) is 12.5 Å². The van der Waals surface area contributed by atoms with Gasteiger partial charge in [0.15, 0.2) is 23.0 Å². The van der Waals surface area contributed by atoms with Crippen LogP contribution in [0.3, 0.4) is 0 Å². The van der Waals surface area contributed by atoms with Crippen molar-refractivity contribution in [2.24, 2.45) is 5.92 Å². The number of methoxy groups -OCH3 is 3. The van der Waals surface area contributed by atoms with E-state index in [4.69, 9.17) is 28.4 Å². The predicted molar refractivity (Wildman–Crippen MR) is 130 cm³/mol. The van der Waals surface area contributed by atoms with Gasteiger partial charge < -0.3 is 28.4 Å². The van der Waals surface area contributed by atoms with Gasteiger partial charge in [0.25, 0.3) is 0 Å². The molecule has 2 atom stereocenters. The topological polar surface area (TPSA) is 89.5 Å². The highest BCUT2D eigenvalue weighted by Crippen LogP contribution is 2.47. The first-order valence-electron chi connectivity index (χ1n) is 11.2. The fourth-order valence-corrected chi connectivity index (χ4v) is 4.18. The second-order valence-electron chi connectivity index (χ2n) is 9.05. The Balaban J connectivity index is 2.31. The van der Waals surface area contributed by atoms with Crippen LogP contribution in [-0.2, 0) is 9.53 Å². The fraction of sp³-hybridized carbons (Fsp3) is 0.407. The first-order valence-corrected chi connectivity index (χ1v) is 11.2. The molecule has 0 aliphatic carbocycles. The quantitative estimate of drug-likeness (QED) is 0.267. The lowest BCUT2D eigenvalue weighted by Crippen LogP contribution is -2.32. The molecule has 0 bridgehead atoms. The average molecular weight is 485 g/mol. The van der Waals surface area contributed by atoms with Crippen molar-refractivity contribution in [3.63, 3.8) is 0 Å². The summed E-state index contributed by atoms with van der Waals surface area (Å²) >= 11 is 0. The van der Waals surface area contributed by atoms with Crippen LogP contribution in [0.25, 0.3) is 0 Å². The number of fused-ring (bicyclic) bond motifs is 1. The van der Waals surface area contributed by atoms with Crippen LogP contribution in [0.4, 0.5) is 0 Å². The van der Waals surface area contributed by atoms with Crippen LogP contribution >= 0.6 is 0 Å². The van der Waals surface area contributed by atoms with Crippen molar-refractivity contribution in [2.75, 3.05) is 28.1 Å². The number of ether oxygens (including phenoxy) is 6. The molecule has 1 aliphatic heterocycles. The SMILES string of the molecule is C=CCC(C(=O)OC(C)(C)C)[C@@H](c1cc(OC)c(OC)c(OC)c1)c1cc2c(cc1C=O)OCO2. The van der Waals surface area contributed by atoms with E-state index in [0.29, 0.717) is 51.9 Å². The summed E-state index contributed by atoms with van der Waals surface area (Å²) in [6.45, 7) is 9.32. The molecule has 35 heavy (non-hydrogen) atoms. The Hall–Kier alpha value is -3.68. The van der Waals surface area contributed by atoms with Crippen molar-refractivity contribution >= 4 is 12.3 Å². The minimum absolute atomic E-state index is 0.0497. The predicted octanol–water partition coefficient (Wildman–Crippen LogP) is 4.92. The van der Waals surface area contributed by atoms with Crippen LogP contribution in [0.1, 0.15) is 54.6 Å². The van der Waals surface area contributed by atoms with Crippen molar-refractivity contribution in [2.45, 2.75) is 38.7 Å². The molecular weight excluding hydrogens is 452 g/mol. The lowest BCUT2D eigenvalue weighted by Gasteiger charge is -2.31. The van der Waals surface area contributed by atoms with Gasteiger partial charge in [-0.1, -0.05) is 6.08 Å². The van der Waals surface area contributed by atoms with Crippen LogP contribution in [0.5, 0.6) is 28.7 Å². The summed E-state index contributed by atoms with van der Waals surface area (Å²) in [6.07, 6.45) is 2.69. The van der Waals surface area contributed by atoms with E-state index in [2.05, 4.69) is 6.58 Å². The number of hydrogen-bond donors (Lipinski definition) is 0. The lowest BCUT2D eigenvalue weighted by molar-refractivity contribution is -0.160. The van der Waals surface area contributed by atoms with Crippen molar-refractivity contribution < 1.29 is 38.0 Å². The van der Waals surface area contributed by atoms with Crippen molar-refractivity contribution in [1.29, 1.82) is 0 Å². The Morgan fingerprint density at radius 2 is 1.63 bits per heavy atom. The molecule has 188 valence electrons. The van der Waals surface area contributed by atoms with Crippen LogP contribution in [0, 0.1) is 5.92 Å². The molecule has 1 heterocycles. The zero-order valence-corrected chi connectivity index (χ0v) is 21.0. The zero-order valence-electron chi connectivity index (χ0n) is 21.0. The normalized spacial score (nSPS) is 14.0. The minimum atomic E-state index is -0.714. The van der Waals surface area contributed by atoms with Gasteiger partial charge in [-0.2, -0.15) is 0 Å². The highest BCUT2D eigenvalue weighted by atomic mass is 16.7. The van der Waals surface area contributed by atoms with E-state index in [1.165, 1.54) is 21.3 Å². The Bertz CT molecular complexity index is 1070. The second kappa shape index (κ2) is 10.7. The average Bonchev–Trinajstić information content (AvgIpc) is 3.28. The number of carbonyl (C=O) groups excluding carboxylic acids is 2. The van der Waals surface area contributed by atoms with E-state index in [0.717, 1.165) is 6.29 Å². The molecule has 8 heteroatoms. The van der Waals surface area contributed by atoms with Gasteiger partial charge in [-0.15, -0.1) is 6.58 Å². The van der Waals surface area contributed by atoms with Crippen molar-refractivity contribution in [3.05, 3.63) is 53.6 Å². The summed E-state index contributed by atoms with van der Waals surface area (Å²) in [5, 5.41) is 0. The maximum absolute atomic E-state index is 13.5. The molecular formula is C27H32O8. The summed E-state index contributed by atoms with van der Waals surface area (Å²) in [5.41, 5.74) is 0.902. The Morgan fingerprint density at radius 1 is 1.03 bits per heavy atom. The van der Waals surface area contributed by atoms with Gasteiger partial charge in [-0.05, 0) is 62.6 Å². The Kier molecular flexibility index (Phi) is 7.94. The third-order valence-electron chi connectivity index (χ3n) is 5.62. The Labute approximate surface area is 205 Å². The lowest BCUT2D eigenvalue weighted by atomic mass is 9.77. The van der Waals surface area contributed by atoms with Crippen LogP contribution in [0.2, 0.25) is 0 Å². The largest absolute Gasteiger partial charge is 0.493 e. The number of rotatable bonds is 10. The summed E-state index contributed by atoms with van der Waals surface area (Å²) in [7, 11) is 4.55. The number of allylic oxidation sites excluding steroid dienone is 1. The number of aldehydes is 1. The summed E-state index contributed by atoms with van der Waals surface area (Å²) in [4.78, 5) is 25.7. The monoisotopic (exact) mass is 484 g/mol. The maximum Gasteiger partial charge on any atom is 0.310 e. The summed E-state index contributed by atoms with van der Waals surface area (Å²) in [6, 6.07) is 6.90. The highest BCUT2D eigenvalue weighted by molar-refractivity contribution is 5.82. The van der Waals surface area contributed by atoms with Gasteiger partial charge in [-0.3, -0.25) is 9.59 Å². The molecule has 0 amide bonds. The molecule has 0 saturated heterocycles. The van der Waals surface area contributed by atoms with Gasteiger partial charge in [0.1, 0.15) is 11.9 Å². The number of hydrogen-bond acceptors (Lipinski definition) is 8. The van der Waals surface area contributed by atoms with Crippen molar-refractivity contribution in [3.8, 4) is 28.7 Å². The van der Waals surface area contributed by atoms with E-state index in [1.807, 2.05) is 20.8 Å². The molecule has 0 radical (unpaired) electrons. The molecule has 2 aromatic carbocycles. The third kappa shape index (κ3) is 5.53. The Morgan fingerprint density at radius 3 is 2.11 bits per heavy atom. The molecule has 1 aliphatic rings. The number of carbonyl (C=O) groups is 2. The van der Waals surface area contributed by atoms with Gasteiger partial charge in [-0.25, -0.2) is 0 Å². The fourth-order valence-electron chi connectivity index (χ4n) is 4.18. The van der Waals surface area contributed by atoms with E-state index in [-0.39, 0.29) is 6.79 Å². The van der Waals surface area contributed by atoms with Crippen molar-refractivity contribution in [1.82, 2.24) is 0 Å². The third-order valence-corrected chi connectivity index (χ3v) is 5.62. The first-order chi connectivity index (χ1) is 16.7. The first kappa shape index (κ1) is 25.9. The summed E-state index contributed by atoms with van der Waals surface area (Å²) in [5.74, 6) is 0.437. The molecule has 8 nitrogen and oxygen atoms in total. The smallest absolute Gasteiger partial charge is 0.310 e. The second-order valence-corrected chi connectivity index (χ2v) is 9.05. The van der Waals surface area contributed by atoms with E-state index < -0.39 is 23.4 Å². The van der Waals surface area contributed by atoms with Crippen LogP contribution in [0.15, 0.2) is 36.9 Å². The molecule has 0 fully saturated rings. The van der Waals surface area contributed by atoms with Crippen LogP contribution < -0.4 is 23.7 Å². The molecule has 0 aromatic heterocycles. The zero-order chi connectivity index (χ0) is 25.8. The van der Waals surface area contributed by atoms with Gasteiger partial charge >= 0.3 is 5.97 Å². The molecule has 0 N–H and O–H groups in total. The number of benzene rings is 2.